The van der Waals surface area contributed by atoms with Gasteiger partial charge < -0.3 is 4.52 Å². The van der Waals surface area contributed by atoms with Crippen LogP contribution in [0.1, 0.15) is 22.6 Å². The maximum Gasteiger partial charge on any atom is 0.141 e. The van der Waals surface area contributed by atoms with Crippen LogP contribution in [0, 0.1) is 32.1 Å². The fraction of sp³-hybridized carbons (Fsp3) is 0.231. The summed E-state index contributed by atoms with van der Waals surface area (Å²) in [5, 5.41) is 12.9. The molecule has 1 aromatic heterocycles. The number of nitriles is 1. The Balaban J connectivity index is 2.62. The molecule has 0 atom stereocenters. The van der Waals surface area contributed by atoms with Crippen LogP contribution in [-0.2, 0) is 0 Å². The van der Waals surface area contributed by atoms with Gasteiger partial charge in [0.15, 0.2) is 0 Å². The first-order valence-corrected chi connectivity index (χ1v) is 5.07. The Morgan fingerprint density at radius 2 is 2.00 bits per heavy atom. The topological polar surface area (TPSA) is 49.8 Å². The number of hydrogen-bond donors (Lipinski definition) is 0. The number of aryl methyl sites for hydroxylation is 3. The van der Waals surface area contributed by atoms with E-state index in [0.29, 0.717) is 5.56 Å². The van der Waals surface area contributed by atoms with E-state index in [2.05, 4.69) is 11.2 Å². The van der Waals surface area contributed by atoms with Crippen LogP contribution in [0.5, 0.6) is 0 Å². The van der Waals surface area contributed by atoms with Crippen molar-refractivity contribution in [2.75, 3.05) is 0 Å². The molecule has 0 aliphatic carbocycles. The van der Waals surface area contributed by atoms with Crippen LogP contribution < -0.4 is 0 Å². The predicted molar refractivity (Wildman–Crippen MR) is 60.9 cm³/mol. The van der Waals surface area contributed by atoms with Crippen LogP contribution in [0.15, 0.2) is 22.7 Å². The van der Waals surface area contributed by atoms with Crippen molar-refractivity contribution in [1.29, 1.82) is 5.26 Å². The zero-order chi connectivity index (χ0) is 11.7. The van der Waals surface area contributed by atoms with Gasteiger partial charge in [-0.15, -0.1) is 0 Å². The van der Waals surface area contributed by atoms with Gasteiger partial charge in [0.05, 0.1) is 17.3 Å². The molecule has 0 N–H and O–H groups in total. The van der Waals surface area contributed by atoms with Gasteiger partial charge >= 0.3 is 0 Å². The summed E-state index contributed by atoms with van der Waals surface area (Å²) in [6.45, 7) is 5.70. The zero-order valence-corrected chi connectivity index (χ0v) is 9.53. The maximum atomic E-state index is 8.99. The number of nitrogens with zero attached hydrogens (tertiary/aromatic N) is 2. The monoisotopic (exact) mass is 212 g/mol. The molecule has 3 nitrogen and oxygen atoms in total. The molecule has 1 aromatic carbocycles. The highest BCUT2D eigenvalue weighted by atomic mass is 16.5. The SMILES string of the molecule is Cc1ccc(-c2c(C)noc2C)cc1C#N. The van der Waals surface area contributed by atoms with Crippen molar-refractivity contribution in [1.82, 2.24) is 5.16 Å². The molecule has 1 heterocycles. The smallest absolute Gasteiger partial charge is 0.141 e. The highest BCUT2D eigenvalue weighted by Gasteiger charge is 2.12. The summed E-state index contributed by atoms with van der Waals surface area (Å²) in [6.07, 6.45) is 0. The minimum Gasteiger partial charge on any atom is -0.361 e. The average Bonchev–Trinajstić information content (AvgIpc) is 2.60. The first-order chi connectivity index (χ1) is 7.63. The summed E-state index contributed by atoms with van der Waals surface area (Å²) in [4.78, 5) is 0. The van der Waals surface area contributed by atoms with E-state index in [0.717, 1.165) is 28.1 Å². The molecule has 0 saturated heterocycles. The van der Waals surface area contributed by atoms with Crippen molar-refractivity contribution in [2.45, 2.75) is 20.8 Å². The van der Waals surface area contributed by atoms with E-state index in [1.165, 1.54) is 0 Å². The van der Waals surface area contributed by atoms with E-state index in [1.54, 1.807) is 0 Å². The Morgan fingerprint density at radius 3 is 2.56 bits per heavy atom. The number of rotatable bonds is 1. The molecule has 80 valence electrons. The molecule has 0 aliphatic heterocycles. The highest BCUT2D eigenvalue weighted by molar-refractivity contribution is 5.69. The van der Waals surface area contributed by atoms with Gasteiger partial charge in [0.25, 0.3) is 0 Å². The number of aromatic nitrogens is 1. The first-order valence-electron chi connectivity index (χ1n) is 5.07. The summed E-state index contributed by atoms with van der Waals surface area (Å²) in [5.41, 5.74) is 4.50. The third kappa shape index (κ3) is 1.59. The van der Waals surface area contributed by atoms with Gasteiger partial charge in [-0.2, -0.15) is 5.26 Å². The largest absolute Gasteiger partial charge is 0.361 e. The fourth-order valence-corrected chi connectivity index (χ4v) is 1.79. The summed E-state index contributed by atoms with van der Waals surface area (Å²) < 4.78 is 5.12. The fourth-order valence-electron chi connectivity index (χ4n) is 1.79. The molecule has 0 unspecified atom stereocenters. The Hall–Kier alpha value is -2.08. The molecule has 0 amide bonds. The van der Waals surface area contributed by atoms with E-state index in [1.807, 2.05) is 39.0 Å². The van der Waals surface area contributed by atoms with Crippen molar-refractivity contribution in [3.05, 3.63) is 40.8 Å². The number of benzene rings is 1. The Bertz CT molecular complexity index is 557. The van der Waals surface area contributed by atoms with Crippen LogP contribution >= 0.6 is 0 Å². The van der Waals surface area contributed by atoms with Gasteiger partial charge in [0, 0.05) is 5.56 Å². The Labute approximate surface area is 94.3 Å². The van der Waals surface area contributed by atoms with Crippen molar-refractivity contribution >= 4 is 0 Å². The molecule has 0 aliphatic rings. The molecule has 2 aromatic rings. The average molecular weight is 212 g/mol. The van der Waals surface area contributed by atoms with Crippen molar-refractivity contribution in [3.63, 3.8) is 0 Å². The first kappa shape index (κ1) is 10.4. The van der Waals surface area contributed by atoms with Crippen LogP contribution in [0.25, 0.3) is 11.1 Å². The lowest BCUT2D eigenvalue weighted by molar-refractivity contribution is 0.393. The minimum absolute atomic E-state index is 0.692. The molecular weight excluding hydrogens is 200 g/mol. The van der Waals surface area contributed by atoms with Gasteiger partial charge in [-0.25, -0.2) is 0 Å². The van der Waals surface area contributed by atoms with Crippen LogP contribution in [0.3, 0.4) is 0 Å². The van der Waals surface area contributed by atoms with E-state index < -0.39 is 0 Å². The Kier molecular flexibility index (Phi) is 2.49. The molecule has 16 heavy (non-hydrogen) atoms. The third-order valence-corrected chi connectivity index (χ3v) is 2.68. The molecule has 0 spiro atoms. The van der Waals surface area contributed by atoms with Crippen LogP contribution in [0.4, 0.5) is 0 Å². The van der Waals surface area contributed by atoms with Gasteiger partial charge in [-0.1, -0.05) is 17.3 Å². The quantitative estimate of drug-likeness (QED) is 0.729. The third-order valence-electron chi connectivity index (χ3n) is 2.68. The second kappa shape index (κ2) is 3.82. The second-order valence-corrected chi connectivity index (χ2v) is 3.84. The lowest BCUT2D eigenvalue weighted by atomic mass is 9.99. The van der Waals surface area contributed by atoms with Crippen molar-refractivity contribution in [3.8, 4) is 17.2 Å². The van der Waals surface area contributed by atoms with Gasteiger partial charge in [-0.05, 0) is 38.0 Å². The normalized spacial score (nSPS) is 10.1. The minimum atomic E-state index is 0.692. The van der Waals surface area contributed by atoms with Gasteiger partial charge in [0.2, 0.25) is 0 Å². The summed E-state index contributed by atoms with van der Waals surface area (Å²) in [5.74, 6) is 0.783. The summed E-state index contributed by atoms with van der Waals surface area (Å²) in [7, 11) is 0. The van der Waals surface area contributed by atoms with E-state index in [-0.39, 0.29) is 0 Å². The van der Waals surface area contributed by atoms with Crippen LogP contribution in [0.2, 0.25) is 0 Å². The van der Waals surface area contributed by atoms with Gasteiger partial charge in [-0.3, -0.25) is 0 Å². The standard InChI is InChI=1S/C13H12N2O/c1-8-4-5-11(6-12(8)7-14)13-9(2)15-16-10(13)3/h4-6H,1-3H3. The maximum absolute atomic E-state index is 8.99. The lowest BCUT2D eigenvalue weighted by Gasteiger charge is -2.03. The molecule has 2 rings (SSSR count). The van der Waals surface area contributed by atoms with Crippen molar-refractivity contribution in [2.24, 2.45) is 0 Å². The molecule has 0 saturated carbocycles. The molecule has 0 bridgehead atoms. The molecular formula is C13H12N2O. The summed E-state index contributed by atoms with van der Waals surface area (Å²) >= 11 is 0. The van der Waals surface area contributed by atoms with Gasteiger partial charge in [0.1, 0.15) is 5.76 Å². The Morgan fingerprint density at radius 1 is 1.25 bits per heavy atom. The van der Waals surface area contributed by atoms with E-state index in [9.17, 15) is 0 Å². The van der Waals surface area contributed by atoms with Crippen LogP contribution in [-0.4, -0.2) is 5.16 Å². The summed E-state index contributed by atoms with van der Waals surface area (Å²) in [6, 6.07) is 8.00. The second-order valence-electron chi connectivity index (χ2n) is 3.84. The number of hydrogen-bond acceptors (Lipinski definition) is 3. The van der Waals surface area contributed by atoms with Crippen molar-refractivity contribution < 1.29 is 4.52 Å². The molecule has 0 fully saturated rings. The zero-order valence-electron chi connectivity index (χ0n) is 9.53. The predicted octanol–water partition coefficient (Wildman–Crippen LogP) is 3.14. The lowest BCUT2D eigenvalue weighted by Crippen LogP contribution is -1.86. The molecule has 0 radical (unpaired) electrons. The van der Waals surface area contributed by atoms with E-state index in [4.69, 9.17) is 9.78 Å². The van der Waals surface area contributed by atoms with E-state index >= 15 is 0 Å². The highest BCUT2D eigenvalue weighted by Crippen LogP contribution is 2.28. The molecule has 3 heteroatoms.